The molecule has 0 spiro atoms. The predicted molar refractivity (Wildman–Crippen MR) is 156 cm³/mol. The van der Waals surface area contributed by atoms with Crippen molar-refractivity contribution >= 4 is 29.6 Å². The van der Waals surface area contributed by atoms with Gasteiger partial charge < -0.3 is 26.4 Å². The summed E-state index contributed by atoms with van der Waals surface area (Å²) >= 11 is 0. The maximum absolute atomic E-state index is 13.5. The molecule has 41 heavy (non-hydrogen) atoms. The number of aliphatic carboxylic acids is 1. The van der Waals surface area contributed by atoms with E-state index in [1.807, 2.05) is 50.2 Å². The highest BCUT2D eigenvalue weighted by molar-refractivity contribution is 5.95. The lowest BCUT2D eigenvalue weighted by atomic mass is 9.99. The van der Waals surface area contributed by atoms with Crippen LogP contribution in [0.2, 0.25) is 0 Å². The van der Waals surface area contributed by atoms with Gasteiger partial charge in [-0.3, -0.25) is 19.2 Å². The molecular formula is C31H42N4O6. The lowest BCUT2D eigenvalue weighted by molar-refractivity contribution is -0.142. The molecular weight excluding hydrogens is 524 g/mol. The fourth-order valence-electron chi connectivity index (χ4n) is 4.38. The number of carboxylic acids is 1. The van der Waals surface area contributed by atoms with Gasteiger partial charge in [0.15, 0.2) is 0 Å². The summed E-state index contributed by atoms with van der Waals surface area (Å²) < 4.78 is 0. The first-order chi connectivity index (χ1) is 19.4. The minimum atomic E-state index is -1.16. The van der Waals surface area contributed by atoms with Crippen LogP contribution in [0.1, 0.15) is 52.2 Å². The van der Waals surface area contributed by atoms with Crippen molar-refractivity contribution in [1.82, 2.24) is 21.3 Å². The molecule has 0 aliphatic heterocycles. The zero-order valence-corrected chi connectivity index (χ0v) is 24.3. The number of nitrogens with one attached hydrogen (secondary N) is 4. The Morgan fingerprint density at radius 2 is 1.07 bits per heavy atom. The molecule has 0 heterocycles. The number of carbonyl (C=O) groups is 5. The Morgan fingerprint density at radius 3 is 1.49 bits per heavy atom. The number of benzene rings is 2. The first-order valence-electron chi connectivity index (χ1n) is 13.9. The molecule has 10 nitrogen and oxygen atoms in total. The topological polar surface area (TPSA) is 154 Å². The lowest BCUT2D eigenvalue weighted by Crippen LogP contribution is -2.59. The van der Waals surface area contributed by atoms with Crippen LogP contribution in [0.4, 0.5) is 0 Å². The summed E-state index contributed by atoms with van der Waals surface area (Å²) in [7, 11) is 0. The van der Waals surface area contributed by atoms with Gasteiger partial charge in [0.25, 0.3) is 0 Å². The van der Waals surface area contributed by atoms with E-state index < -0.39 is 47.9 Å². The Kier molecular flexibility index (Phi) is 13.0. The Bertz CT molecular complexity index is 1170. The minimum Gasteiger partial charge on any atom is -0.480 e. The largest absolute Gasteiger partial charge is 0.480 e. The summed E-state index contributed by atoms with van der Waals surface area (Å²) in [6, 6.07) is 14.1. The third-order valence-corrected chi connectivity index (χ3v) is 6.46. The molecule has 0 bridgehead atoms. The smallest absolute Gasteiger partial charge is 0.326 e. The number of carbonyl (C=O) groups excluding carboxylic acids is 4. The zero-order chi connectivity index (χ0) is 30.5. The third kappa shape index (κ3) is 11.4. The van der Waals surface area contributed by atoms with Gasteiger partial charge in [0.2, 0.25) is 23.6 Å². The molecule has 0 radical (unpaired) electrons. The van der Waals surface area contributed by atoms with Gasteiger partial charge in [-0.25, -0.2) is 4.79 Å². The Balaban J connectivity index is 2.25. The van der Waals surface area contributed by atoms with Crippen LogP contribution in [0.5, 0.6) is 0 Å². The van der Waals surface area contributed by atoms with E-state index in [0.717, 1.165) is 11.1 Å². The summed E-state index contributed by atoms with van der Waals surface area (Å²) in [5.41, 5.74) is 1.60. The van der Waals surface area contributed by atoms with Crippen molar-refractivity contribution in [2.24, 2.45) is 11.8 Å². The molecule has 0 aliphatic rings. The monoisotopic (exact) mass is 566 g/mol. The Morgan fingerprint density at radius 1 is 0.634 bits per heavy atom. The van der Waals surface area contributed by atoms with Gasteiger partial charge >= 0.3 is 5.97 Å². The van der Waals surface area contributed by atoms with Gasteiger partial charge in [-0.1, -0.05) is 88.4 Å². The lowest BCUT2D eigenvalue weighted by Gasteiger charge is -2.28. The molecule has 4 atom stereocenters. The molecule has 0 fully saturated rings. The van der Waals surface area contributed by atoms with E-state index in [4.69, 9.17) is 0 Å². The summed E-state index contributed by atoms with van der Waals surface area (Å²) in [4.78, 5) is 63.7. The molecule has 0 saturated heterocycles. The molecule has 222 valence electrons. The van der Waals surface area contributed by atoms with Crippen LogP contribution in [0.3, 0.4) is 0 Å². The van der Waals surface area contributed by atoms with Crippen molar-refractivity contribution in [3.8, 4) is 0 Å². The van der Waals surface area contributed by atoms with Crippen molar-refractivity contribution in [2.75, 3.05) is 0 Å². The van der Waals surface area contributed by atoms with Gasteiger partial charge in [0.1, 0.15) is 24.2 Å². The zero-order valence-electron chi connectivity index (χ0n) is 24.3. The summed E-state index contributed by atoms with van der Waals surface area (Å²) in [5.74, 6) is -3.66. The van der Waals surface area contributed by atoms with E-state index in [2.05, 4.69) is 21.3 Å². The highest BCUT2D eigenvalue weighted by atomic mass is 16.4. The van der Waals surface area contributed by atoms with Gasteiger partial charge in [-0.2, -0.15) is 0 Å². The summed E-state index contributed by atoms with van der Waals surface area (Å²) in [6.07, 6.45) is 0.571. The number of amides is 4. The number of rotatable bonds is 15. The second kappa shape index (κ2) is 16.2. The molecule has 2 rings (SSSR count). The van der Waals surface area contributed by atoms with Crippen LogP contribution in [0.25, 0.3) is 0 Å². The van der Waals surface area contributed by atoms with Crippen LogP contribution in [-0.2, 0) is 36.8 Å². The second-order valence-electron chi connectivity index (χ2n) is 11.0. The third-order valence-electron chi connectivity index (χ3n) is 6.46. The molecule has 0 aliphatic carbocycles. The van der Waals surface area contributed by atoms with Crippen molar-refractivity contribution in [2.45, 2.75) is 78.0 Å². The predicted octanol–water partition coefficient (Wildman–Crippen LogP) is 2.22. The SMILES string of the molecule is CC(=O)N[C@@H](Cc1ccccc1)C(=O)N[C@H](C(=O)N[C@@H](Cc1ccccc1)C(=O)N[C@@H](CC(C)C)C(=O)O)C(C)C. The van der Waals surface area contributed by atoms with E-state index >= 15 is 0 Å². The van der Waals surface area contributed by atoms with Gasteiger partial charge in [-0.15, -0.1) is 0 Å². The highest BCUT2D eigenvalue weighted by Crippen LogP contribution is 2.11. The fourth-order valence-corrected chi connectivity index (χ4v) is 4.38. The maximum atomic E-state index is 13.5. The first kappa shape index (κ1) is 33.0. The van der Waals surface area contributed by atoms with Crippen LogP contribution < -0.4 is 21.3 Å². The second-order valence-corrected chi connectivity index (χ2v) is 11.0. The number of hydrogen-bond acceptors (Lipinski definition) is 5. The van der Waals surface area contributed by atoms with Crippen molar-refractivity contribution in [3.05, 3.63) is 71.8 Å². The molecule has 0 unspecified atom stereocenters. The summed E-state index contributed by atoms with van der Waals surface area (Å²) in [5, 5.41) is 20.3. The van der Waals surface area contributed by atoms with Crippen molar-refractivity contribution < 1.29 is 29.1 Å². The molecule has 2 aromatic carbocycles. The standard InChI is InChI=1S/C31H42N4O6/c1-19(2)16-26(31(40)41)34-28(37)25(18-23-14-10-7-11-15-23)33-30(39)27(20(3)4)35-29(38)24(32-21(5)36)17-22-12-8-6-9-13-22/h6-15,19-20,24-27H,16-18H2,1-5H3,(H,32,36)(H,33,39)(H,34,37)(H,35,38)(H,40,41)/t24-,25-,26-,27-/m0/s1. The Labute approximate surface area is 241 Å². The van der Waals surface area contributed by atoms with Crippen molar-refractivity contribution in [3.63, 3.8) is 0 Å². The van der Waals surface area contributed by atoms with E-state index in [1.54, 1.807) is 38.1 Å². The minimum absolute atomic E-state index is 0.0199. The molecule has 0 saturated carbocycles. The molecule has 2 aromatic rings. The van der Waals surface area contributed by atoms with E-state index in [-0.39, 0.29) is 37.0 Å². The van der Waals surface area contributed by atoms with Gasteiger partial charge in [0, 0.05) is 19.8 Å². The number of hydrogen-bond donors (Lipinski definition) is 5. The average molecular weight is 567 g/mol. The summed E-state index contributed by atoms with van der Waals surface area (Å²) in [6.45, 7) is 8.53. The maximum Gasteiger partial charge on any atom is 0.326 e. The normalized spacial score (nSPS) is 13.9. The van der Waals surface area contributed by atoms with E-state index in [9.17, 15) is 29.1 Å². The first-order valence-corrected chi connectivity index (χ1v) is 13.9. The van der Waals surface area contributed by atoms with Gasteiger partial charge in [0.05, 0.1) is 0 Å². The van der Waals surface area contributed by atoms with Crippen LogP contribution in [0, 0.1) is 11.8 Å². The fraction of sp³-hybridized carbons (Fsp3) is 0.452. The van der Waals surface area contributed by atoms with Crippen LogP contribution >= 0.6 is 0 Å². The average Bonchev–Trinajstić information content (AvgIpc) is 2.90. The van der Waals surface area contributed by atoms with E-state index in [1.165, 1.54) is 6.92 Å². The molecule has 5 N–H and O–H groups in total. The van der Waals surface area contributed by atoms with Crippen molar-refractivity contribution in [1.29, 1.82) is 0 Å². The van der Waals surface area contributed by atoms with Crippen LogP contribution in [-0.4, -0.2) is 58.9 Å². The molecule has 0 aromatic heterocycles. The van der Waals surface area contributed by atoms with E-state index in [0.29, 0.717) is 0 Å². The molecule has 4 amide bonds. The Hall–Kier alpha value is -4.21. The molecule has 10 heteroatoms. The number of carboxylic acid groups (broad SMARTS) is 1. The highest BCUT2D eigenvalue weighted by Gasteiger charge is 2.32. The van der Waals surface area contributed by atoms with Gasteiger partial charge in [-0.05, 0) is 29.4 Å². The quantitative estimate of drug-likeness (QED) is 0.223. The van der Waals surface area contributed by atoms with Crippen LogP contribution in [0.15, 0.2) is 60.7 Å².